The molecule has 1 N–H and O–H groups in total. The Morgan fingerprint density at radius 1 is 1.39 bits per heavy atom. The van der Waals surface area contributed by atoms with Gasteiger partial charge in [-0.05, 0) is 41.8 Å². The van der Waals surface area contributed by atoms with E-state index >= 15 is 0 Å². The summed E-state index contributed by atoms with van der Waals surface area (Å²) in [5.41, 5.74) is 0.425. The van der Waals surface area contributed by atoms with Gasteiger partial charge < -0.3 is 19.5 Å². The van der Waals surface area contributed by atoms with E-state index < -0.39 is 41.7 Å². The van der Waals surface area contributed by atoms with Crippen LogP contribution in [-0.4, -0.2) is 41.7 Å². The molecule has 0 aliphatic carbocycles. The number of amides is 1. The summed E-state index contributed by atoms with van der Waals surface area (Å²) in [7, 11) is 1.38. The maximum atomic E-state index is 12.8. The Labute approximate surface area is 169 Å². The maximum Gasteiger partial charge on any atom is 0.573 e. The smallest absolute Gasteiger partial charge is 0.504 e. The number of phenols is 1. The van der Waals surface area contributed by atoms with Crippen LogP contribution in [0.15, 0.2) is 42.4 Å². The van der Waals surface area contributed by atoms with Crippen LogP contribution in [-0.2, 0) is 11.2 Å². The summed E-state index contributed by atoms with van der Waals surface area (Å²) in [6.45, 7) is 0.106. The largest absolute Gasteiger partial charge is 0.573 e. The molecule has 1 atom stereocenters. The van der Waals surface area contributed by atoms with E-state index in [0.717, 1.165) is 11.8 Å². The fraction of sp³-hybridized carbons (Fsp3) is 0.316. The van der Waals surface area contributed by atoms with Gasteiger partial charge in [0.25, 0.3) is 0 Å². The molecule has 9 heteroatoms. The Morgan fingerprint density at radius 2 is 2.18 bits per heavy atom. The highest BCUT2D eigenvalue weighted by Gasteiger charge is 2.34. The minimum absolute atomic E-state index is 0.0200. The summed E-state index contributed by atoms with van der Waals surface area (Å²) in [5, 5.41) is 8.72. The molecule has 2 aromatic carbocycles. The number of hydrogen-bond acceptors (Lipinski definition) is 5. The Morgan fingerprint density at radius 3 is 2.89 bits per heavy atom. The Hall–Kier alpha value is -2.55. The van der Waals surface area contributed by atoms with Gasteiger partial charge in [0.15, 0.2) is 11.5 Å². The summed E-state index contributed by atoms with van der Waals surface area (Å²) in [6.07, 6.45) is -4.88. The molecule has 0 saturated carbocycles. The molecule has 2 aromatic rings. The van der Waals surface area contributed by atoms with Gasteiger partial charge in [0.05, 0.1) is 18.3 Å². The first-order valence-electron chi connectivity index (χ1n) is 10.1. The molecule has 28 heavy (non-hydrogen) atoms. The van der Waals surface area contributed by atoms with Crippen LogP contribution in [0.1, 0.15) is 22.0 Å². The predicted octanol–water partition coefficient (Wildman–Crippen LogP) is 4.12. The summed E-state index contributed by atoms with van der Waals surface area (Å²) >= 11 is 1.02. The van der Waals surface area contributed by atoms with Crippen LogP contribution in [0.3, 0.4) is 0 Å². The van der Waals surface area contributed by atoms with Gasteiger partial charge in [-0.1, -0.05) is 18.2 Å². The summed E-state index contributed by atoms with van der Waals surface area (Å²) in [4.78, 5) is 13.8. The molecule has 1 heterocycles. The molecule has 150 valence electrons. The molecule has 3 rings (SSSR count). The zero-order chi connectivity index (χ0) is 23.8. The van der Waals surface area contributed by atoms with Gasteiger partial charge in [-0.3, -0.25) is 4.79 Å². The van der Waals surface area contributed by atoms with Crippen LogP contribution in [0.25, 0.3) is 0 Å². The Balaban J connectivity index is 1.95. The molecule has 0 spiro atoms. The highest BCUT2D eigenvalue weighted by Crippen LogP contribution is 2.40. The third kappa shape index (κ3) is 4.83. The standard InChI is InChI=1S/C19H18F3NO4S/c1-26-16-9-12(5-6-15(16)24)7-8-23-17(25)11-28-18(23)13-3-2-4-14(10-13)27-19(20,21)22/h2-6,9-10,18,24H,7-8,11H2,1H3/i2T,3T,4T,10T. The first kappa shape index (κ1) is 15.4. The topological polar surface area (TPSA) is 59.0 Å². The molecular weight excluding hydrogens is 395 g/mol. The number of carbonyl (C=O) groups excluding carboxylic acids is 1. The third-order valence-corrected chi connectivity index (χ3v) is 5.16. The molecular formula is C19H18F3NO4S. The average Bonchev–Trinajstić information content (AvgIpc) is 3.08. The zero-order valence-corrected chi connectivity index (χ0v) is 15.4. The predicted molar refractivity (Wildman–Crippen MR) is 98.4 cm³/mol. The molecule has 5 nitrogen and oxygen atoms in total. The van der Waals surface area contributed by atoms with Crippen LogP contribution in [0.4, 0.5) is 13.2 Å². The third-order valence-electron chi connectivity index (χ3n) is 3.94. The fourth-order valence-electron chi connectivity index (χ4n) is 2.69. The lowest BCUT2D eigenvalue weighted by molar-refractivity contribution is -0.274. The molecule has 1 aliphatic heterocycles. The van der Waals surface area contributed by atoms with Crippen LogP contribution in [0, 0.1) is 0 Å². The lowest BCUT2D eigenvalue weighted by Gasteiger charge is -2.25. The number of ether oxygens (including phenoxy) is 2. The SMILES string of the molecule is [3H]c1c([3H])c(OC(F)(F)F)c([3H])c(C2SCC(=O)N2CCc2ccc(O)c(OC)c2)c1[3H]. The minimum atomic E-state index is -5.19. The first-order valence-corrected chi connectivity index (χ1v) is 9.12. The van der Waals surface area contributed by atoms with Crippen LogP contribution >= 0.6 is 11.8 Å². The zero-order valence-electron chi connectivity index (χ0n) is 18.6. The average molecular weight is 421 g/mol. The Bertz CT molecular complexity index is 1050. The lowest BCUT2D eigenvalue weighted by atomic mass is 10.1. The number of rotatable bonds is 6. The van der Waals surface area contributed by atoms with Crippen molar-refractivity contribution in [3.63, 3.8) is 0 Å². The van der Waals surface area contributed by atoms with E-state index in [0.29, 0.717) is 12.0 Å². The van der Waals surface area contributed by atoms with Gasteiger partial charge in [-0.25, -0.2) is 0 Å². The van der Waals surface area contributed by atoms with E-state index in [-0.39, 0.29) is 35.3 Å². The monoisotopic (exact) mass is 421 g/mol. The highest BCUT2D eigenvalue weighted by atomic mass is 32.2. The number of alkyl halides is 3. The van der Waals surface area contributed by atoms with E-state index in [1.54, 1.807) is 12.1 Å². The number of methoxy groups -OCH3 is 1. The molecule has 0 radical (unpaired) electrons. The van der Waals surface area contributed by atoms with Gasteiger partial charge in [0, 0.05) is 6.54 Å². The molecule has 1 saturated heterocycles. The number of hydrogen-bond donors (Lipinski definition) is 1. The van der Waals surface area contributed by atoms with Crippen molar-refractivity contribution in [3.05, 3.63) is 53.5 Å². The first-order chi connectivity index (χ1) is 14.9. The van der Waals surface area contributed by atoms with Crippen molar-refractivity contribution in [1.29, 1.82) is 0 Å². The molecule has 0 bridgehead atoms. The van der Waals surface area contributed by atoms with Crippen molar-refractivity contribution < 1.29 is 38.0 Å². The van der Waals surface area contributed by atoms with E-state index in [1.165, 1.54) is 18.1 Å². The quantitative estimate of drug-likeness (QED) is 0.761. The number of halogens is 3. The van der Waals surface area contributed by atoms with Crippen molar-refractivity contribution in [1.82, 2.24) is 4.90 Å². The van der Waals surface area contributed by atoms with Gasteiger partial charge >= 0.3 is 6.36 Å². The van der Waals surface area contributed by atoms with Crippen molar-refractivity contribution in [3.8, 4) is 17.2 Å². The second-order valence-corrected chi connectivity index (χ2v) is 6.87. The second kappa shape index (κ2) is 8.22. The van der Waals surface area contributed by atoms with Crippen LogP contribution in [0.5, 0.6) is 17.2 Å². The van der Waals surface area contributed by atoms with E-state index in [9.17, 15) is 23.1 Å². The lowest BCUT2D eigenvalue weighted by Crippen LogP contribution is -2.30. The number of thioether (sulfide) groups is 1. The van der Waals surface area contributed by atoms with Crippen LogP contribution in [0.2, 0.25) is 0 Å². The number of phenolic OH excluding ortho intramolecular Hbond substituents is 1. The molecule has 1 unspecified atom stereocenters. The molecule has 1 fully saturated rings. The van der Waals surface area contributed by atoms with E-state index in [4.69, 9.17) is 10.2 Å². The number of nitrogens with zero attached hydrogens (tertiary/aromatic N) is 1. The van der Waals surface area contributed by atoms with Crippen molar-refractivity contribution in [2.24, 2.45) is 0 Å². The van der Waals surface area contributed by atoms with Gasteiger partial charge in [0.2, 0.25) is 5.91 Å². The molecule has 0 aromatic heterocycles. The van der Waals surface area contributed by atoms with E-state index in [2.05, 4.69) is 4.74 Å². The van der Waals surface area contributed by atoms with Crippen molar-refractivity contribution in [2.45, 2.75) is 18.2 Å². The number of aromatic hydroxyl groups is 1. The van der Waals surface area contributed by atoms with Crippen LogP contribution < -0.4 is 9.47 Å². The second-order valence-electron chi connectivity index (χ2n) is 5.80. The number of benzene rings is 2. The molecule has 1 aliphatic rings. The number of carbonyl (C=O) groups is 1. The van der Waals surface area contributed by atoms with Gasteiger partial charge in [0.1, 0.15) is 11.1 Å². The van der Waals surface area contributed by atoms with Gasteiger partial charge in [-0.15, -0.1) is 24.9 Å². The van der Waals surface area contributed by atoms with Gasteiger partial charge in [-0.2, -0.15) is 0 Å². The summed E-state index contributed by atoms with van der Waals surface area (Å²) in [6, 6.07) is 1.34. The Kier molecular flexibility index (Phi) is 4.51. The maximum absolute atomic E-state index is 12.8. The molecule has 1 amide bonds. The summed E-state index contributed by atoms with van der Waals surface area (Å²) < 4.78 is 79.0. The minimum Gasteiger partial charge on any atom is -0.504 e. The highest BCUT2D eigenvalue weighted by molar-refractivity contribution is 8.00. The van der Waals surface area contributed by atoms with E-state index in [1.807, 2.05) is 0 Å². The normalized spacial score (nSPS) is 19.1. The fourth-order valence-corrected chi connectivity index (χ4v) is 3.85. The van der Waals surface area contributed by atoms with Crippen molar-refractivity contribution in [2.75, 3.05) is 19.4 Å². The van der Waals surface area contributed by atoms with Crippen molar-refractivity contribution >= 4 is 17.7 Å². The summed E-state index contributed by atoms with van der Waals surface area (Å²) in [5.74, 6) is -1.36.